The molecule has 0 saturated carbocycles. The molecule has 4 nitrogen and oxygen atoms in total. The summed E-state index contributed by atoms with van der Waals surface area (Å²) in [5.74, 6) is -0.802. The van der Waals surface area contributed by atoms with Crippen molar-refractivity contribution in [2.75, 3.05) is 20.1 Å². The third-order valence-electron chi connectivity index (χ3n) is 3.77. The van der Waals surface area contributed by atoms with Gasteiger partial charge in [-0.3, -0.25) is 9.69 Å². The Kier molecular flexibility index (Phi) is 3.68. The number of nitrogens with one attached hydrogen (secondary N) is 1. The molecule has 1 aliphatic heterocycles. The summed E-state index contributed by atoms with van der Waals surface area (Å²) in [5.41, 5.74) is 1.81. The van der Waals surface area contributed by atoms with Gasteiger partial charge in [-0.05, 0) is 31.5 Å². The first-order chi connectivity index (χ1) is 8.55. The van der Waals surface area contributed by atoms with E-state index in [4.69, 9.17) is 0 Å². The second-order valence-corrected chi connectivity index (χ2v) is 5.12. The van der Waals surface area contributed by atoms with Gasteiger partial charge in [-0.1, -0.05) is 24.3 Å². The van der Waals surface area contributed by atoms with Crippen LogP contribution in [0.15, 0.2) is 24.3 Å². The summed E-state index contributed by atoms with van der Waals surface area (Å²) in [6, 6.07) is 8.38. The second-order valence-electron chi connectivity index (χ2n) is 5.12. The van der Waals surface area contributed by atoms with Gasteiger partial charge in [0.15, 0.2) is 0 Å². The average molecular weight is 248 g/mol. The number of nitrogens with zero attached hydrogens (tertiary/aromatic N) is 1. The number of hydrogen-bond acceptors (Lipinski definition) is 3. The van der Waals surface area contributed by atoms with E-state index < -0.39 is 11.5 Å². The standard InChI is InChI=1S/C14H20N2O2/c1-14(15-2,13(17)18)10-16-8-7-11-5-3-4-6-12(11)9-16/h3-6,15H,7-10H2,1-2H3,(H,17,18). The van der Waals surface area contributed by atoms with Crippen molar-refractivity contribution in [3.63, 3.8) is 0 Å². The predicted octanol–water partition coefficient (Wildman–Crippen LogP) is 1.11. The maximum absolute atomic E-state index is 11.3. The zero-order chi connectivity index (χ0) is 13.2. The molecule has 1 heterocycles. The summed E-state index contributed by atoms with van der Waals surface area (Å²) in [6.07, 6.45) is 0.996. The van der Waals surface area contributed by atoms with Gasteiger partial charge in [0.1, 0.15) is 5.54 Å². The molecule has 1 atom stereocenters. The molecule has 0 aliphatic carbocycles. The predicted molar refractivity (Wildman–Crippen MR) is 70.5 cm³/mol. The first-order valence-electron chi connectivity index (χ1n) is 6.26. The number of carboxylic acids is 1. The van der Waals surface area contributed by atoms with E-state index in [0.29, 0.717) is 6.54 Å². The van der Waals surface area contributed by atoms with E-state index in [-0.39, 0.29) is 0 Å². The topological polar surface area (TPSA) is 52.6 Å². The van der Waals surface area contributed by atoms with Gasteiger partial charge in [-0.2, -0.15) is 0 Å². The number of likely N-dealkylation sites (N-methyl/N-ethyl adjacent to an activating group) is 1. The van der Waals surface area contributed by atoms with Gasteiger partial charge < -0.3 is 10.4 Å². The van der Waals surface area contributed by atoms with Crippen LogP contribution in [0.4, 0.5) is 0 Å². The molecule has 0 aromatic heterocycles. The quantitative estimate of drug-likeness (QED) is 0.838. The lowest BCUT2D eigenvalue weighted by Crippen LogP contribution is -2.56. The normalized spacial score (nSPS) is 19.0. The fourth-order valence-electron chi connectivity index (χ4n) is 2.39. The van der Waals surface area contributed by atoms with Gasteiger partial charge in [-0.25, -0.2) is 0 Å². The highest BCUT2D eigenvalue weighted by Crippen LogP contribution is 2.20. The van der Waals surface area contributed by atoms with Crippen molar-refractivity contribution in [1.29, 1.82) is 0 Å². The molecule has 18 heavy (non-hydrogen) atoms. The Bertz CT molecular complexity index is 447. The van der Waals surface area contributed by atoms with Crippen LogP contribution >= 0.6 is 0 Å². The van der Waals surface area contributed by atoms with Crippen molar-refractivity contribution in [3.8, 4) is 0 Å². The molecule has 0 radical (unpaired) electrons. The van der Waals surface area contributed by atoms with Crippen molar-refractivity contribution in [2.24, 2.45) is 0 Å². The van der Waals surface area contributed by atoms with Crippen molar-refractivity contribution < 1.29 is 9.90 Å². The molecule has 1 aliphatic rings. The Morgan fingerprint density at radius 1 is 1.44 bits per heavy atom. The number of rotatable bonds is 4. The van der Waals surface area contributed by atoms with Crippen LogP contribution in [0.2, 0.25) is 0 Å². The Balaban J connectivity index is 2.08. The molecular formula is C14H20N2O2. The summed E-state index contributed by atoms with van der Waals surface area (Å²) in [4.78, 5) is 13.5. The van der Waals surface area contributed by atoms with Crippen molar-refractivity contribution in [1.82, 2.24) is 10.2 Å². The smallest absolute Gasteiger partial charge is 0.324 e. The lowest BCUT2D eigenvalue weighted by Gasteiger charge is -2.35. The third-order valence-corrected chi connectivity index (χ3v) is 3.77. The van der Waals surface area contributed by atoms with Gasteiger partial charge in [0.05, 0.1) is 0 Å². The minimum absolute atomic E-state index is 0.521. The first kappa shape index (κ1) is 13.1. The highest BCUT2D eigenvalue weighted by molar-refractivity contribution is 5.78. The molecule has 0 saturated heterocycles. The van der Waals surface area contributed by atoms with Gasteiger partial charge in [-0.15, -0.1) is 0 Å². The molecule has 0 bridgehead atoms. The van der Waals surface area contributed by atoms with E-state index in [9.17, 15) is 9.90 Å². The molecular weight excluding hydrogens is 228 g/mol. The van der Waals surface area contributed by atoms with E-state index in [1.807, 2.05) is 6.07 Å². The average Bonchev–Trinajstić information content (AvgIpc) is 2.38. The van der Waals surface area contributed by atoms with Crippen LogP contribution in [0.5, 0.6) is 0 Å². The summed E-state index contributed by atoms with van der Waals surface area (Å²) in [7, 11) is 1.70. The van der Waals surface area contributed by atoms with Gasteiger partial charge in [0.25, 0.3) is 0 Å². The number of hydrogen-bond donors (Lipinski definition) is 2. The fraction of sp³-hybridized carbons (Fsp3) is 0.500. The highest BCUT2D eigenvalue weighted by Gasteiger charge is 2.34. The van der Waals surface area contributed by atoms with Crippen molar-refractivity contribution in [3.05, 3.63) is 35.4 Å². The summed E-state index contributed by atoms with van der Waals surface area (Å²) in [6.45, 7) is 4.01. The van der Waals surface area contributed by atoms with Crippen LogP contribution in [0.1, 0.15) is 18.1 Å². The van der Waals surface area contributed by atoms with Crippen LogP contribution in [-0.4, -0.2) is 41.7 Å². The summed E-state index contributed by atoms with van der Waals surface area (Å²) < 4.78 is 0. The zero-order valence-electron chi connectivity index (χ0n) is 10.9. The number of carboxylic acid groups (broad SMARTS) is 1. The maximum atomic E-state index is 11.3. The third kappa shape index (κ3) is 2.54. The summed E-state index contributed by atoms with van der Waals surface area (Å²) >= 11 is 0. The molecule has 1 aromatic carbocycles. The molecule has 0 amide bonds. The molecule has 4 heteroatoms. The Labute approximate surface area is 108 Å². The van der Waals surface area contributed by atoms with Crippen LogP contribution in [0.25, 0.3) is 0 Å². The van der Waals surface area contributed by atoms with Gasteiger partial charge in [0, 0.05) is 19.6 Å². The van der Waals surface area contributed by atoms with E-state index >= 15 is 0 Å². The molecule has 0 spiro atoms. The number of fused-ring (bicyclic) bond motifs is 1. The molecule has 0 fully saturated rings. The van der Waals surface area contributed by atoms with Crippen LogP contribution in [0, 0.1) is 0 Å². The van der Waals surface area contributed by atoms with Gasteiger partial charge >= 0.3 is 5.97 Å². The van der Waals surface area contributed by atoms with E-state index in [2.05, 4.69) is 28.4 Å². The lowest BCUT2D eigenvalue weighted by atomic mass is 9.96. The number of benzene rings is 1. The van der Waals surface area contributed by atoms with Crippen LogP contribution in [-0.2, 0) is 17.8 Å². The van der Waals surface area contributed by atoms with Gasteiger partial charge in [0.2, 0.25) is 0 Å². The molecule has 2 N–H and O–H groups in total. The van der Waals surface area contributed by atoms with Crippen molar-refractivity contribution in [2.45, 2.75) is 25.4 Å². The van der Waals surface area contributed by atoms with E-state index in [1.54, 1.807) is 14.0 Å². The number of carbonyl (C=O) groups is 1. The highest BCUT2D eigenvalue weighted by atomic mass is 16.4. The Hall–Kier alpha value is -1.39. The molecule has 1 unspecified atom stereocenters. The SMILES string of the molecule is CNC(C)(CN1CCc2ccccc2C1)C(=O)O. The number of aliphatic carboxylic acids is 1. The van der Waals surface area contributed by atoms with Crippen LogP contribution in [0.3, 0.4) is 0 Å². The molecule has 98 valence electrons. The Morgan fingerprint density at radius 3 is 2.72 bits per heavy atom. The summed E-state index contributed by atoms with van der Waals surface area (Å²) in [5, 5.41) is 12.2. The largest absolute Gasteiger partial charge is 0.480 e. The molecule has 2 rings (SSSR count). The van der Waals surface area contributed by atoms with E-state index in [0.717, 1.165) is 19.5 Å². The van der Waals surface area contributed by atoms with E-state index in [1.165, 1.54) is 11.1 Å². The minimum Gasteiger partial charge on any atom is -0.480 e. The first-order valence-corrected chi connectivity index (χ1v) is 6.26. The monoisotopic (exact) mass is 248 g/mol. The van der Waals surface area contributed by atoms with Crippen LogP contribution < -0.4 is 5.32 Å². The molecule has 1 aromatic rings. The second kappa shape index (κ2) is 5.08. The van der Waals surface area contributed by atoms with Crippen molar-refractivity contribution >= 4 is 5.97 Å². The Morgan fingerprint density at radius 2 is 2.11 bits per heavy atom. The zero-order valence-corrected chi connectivity index (χ0v) is 10.9. The lowest BCUT2D eigenvalue weighted by molar-refractivity contribution is -0.144. The minimum atomic E-state index is -0.883. The fourth-order valence-corrected chi connectivity index (χ4v) is 2.39. The maximum Gasteiger partial charge on any atom is 0.324 e.